The lowest BCUT2D eigenvalue weighted by molar-refractivity contribution is -0.188. The van der Waals surface area contributed by atoms with Crippen molar-refractivity contribution in [1.29, 1.82) is 0 Å². The van der Waals surface area contributed by atoms with Gasteiger partial charge in [0.05, 0.1) is 6.10 Å². The third kappa shape index (κ3) is 2.38. The van der Waals surface area contributed by atoms with Gasteiger partial charge in [-0.25, -0.2) is 4.79 Å². The van der Waals surface area contributed by atoms with Crippen LogP contribution in [0.1, 0.15) is 6.42 Å². The molecule has 0 aromatic rings. The molecular weight excluding hydrogens is 219 g/mol. The number of aliphatic carboxylic acids is 1. The summed E-state index contributed by atoms with van der Waals surface area (Å²) >= 11 is 0. The topological polar surface area (TPSA) is 77.8 Å². The Hall–Kier alpha value is -1.31. The average Bonchev–Trinajstić information content (AvgIpc) is 2.44. The lowest BCUT2D eigenvalue weighted by Crippen LogP contribution is -2.47. The van der Waals surface area contributed by atoms with Gasteiger partial charge in [-0.05, 0) is 0 Å². The number of aliphatic hydroxyl groups excluding tert-OH is 1. The monoisotopic (exact) mass is 227 g/mol. The maximum atomic E-state index is 12.0. The number of hydrogen-bond acceptors (Lipinski definition) is 3. The summed E-state index contributed by atoms with van der Waals surface area (Å²) in [5.41, 5.74) is 0. The van der Waals surface area contributed by atoms with Crippen LogP contribution in [0.25, 0.3) is 0 Å². The predicted octanol–water partition coefficient (Wildman–Crippen LogP) is -0.405. The average molecular weight is 227 g/mol. The van der Waals surface area contributed by atoms with E-state index in [1.165, 1.54) is 0 Å². The Morgan fingerprint density at radius 1 is 1.33 bits per heavy atom. The maximum Gasteiger partial charge on any atom is 0.471 e. The molecular formula is C7H8F3NO4. The molecule has 0 unspecified atom stereocenters. The lowest BCUT2D eigenvalue weighted by Gasteiger charge is -2.21. The second-order valence-electron chi connectivity index (χ2n) is 3.20. The first kappa shape index (κ1) is 11.8. The van der Waals surface area contributed by atoms with Crippen LogP contribution in [0.15, 0.2) is 0 Å². The van der Waals surface area contributed by atoms with Gasteiger partial charge < -0.3 is 15.1 Å². The van der Waals surface area contributed by atoms with Gasteiger partial charge in [-0.15, -0.1) is 0 Å². The molecule has 0 aliphatic carbocycles. The Morgan fingerprint density at radius 3 is 2.27 bits per heavy atom. The van der Waals surface area contributed by atoms with Gasteiger partial charge in [-0.2, -0.15) is 13.2 Å². The molecule has 0 bridgehead atoms. The molecule has 15 heavy (non-hydrogen) atoms. The van der Waals surface area contributed by atoms with Crippen molar-refractivity contribution in [3.05, 3.63) is 0 Å². The molecule has 1 aliphatic heterocycles. The van der Waals surface area contributed by atoms with Gasteiger partial charge in [0.15, 0.2) is 0 Å². The quantitative estimate of drug-likeness (QED) is 0.638. The summed E-state index contributed by atoms with van der Waals surface area (Å²) in [5, 5.41) is 17.6. The fourth-order valence-electron chi connectivity index (χ4n) is 1.44. The minimum absolute atomic E-state index is 0.132. The number of carbonyl (C=O) groups excluding carboxylic acids is 1. The van der Waals surface area contributed by atoms with Crippen molar-refractivity contribution in [2.75, 3.05) is 6.54 Å². The molecule has 8 heteroatoms. The maximum absolute atomic E-state index is 12.0. The molecule has 1 heterocycles. The number of hydrogen-bond donors (Lipinski definition) is 2. The third-order valence-electron chi connectivity index (χ3n) is 2.07. The van der Waals surface area contributed by atoms with Crippen LogP contribution in [0.2, 0.25) is 0 Å². The zero-order valence-electron chi connectivity index (χ0n) is 7.36. The van der Waals surface area contributed by atoms with E-state index in [1.807, 2.05) is 0 Å². The van der Waals surface area contributed by atoms with Crippen LogP contribution in [0.4, 0.5) is 13.2 Å². The van der Waals surface area contributed by atoms with Gasteiger partial charge in [0.2, 0.25) is 0 Å². The summed E-state index contributed by atoms with van der Waals surface area (Å²) in [5.74, 6) is -3.78. The molecule has 1 aliphatic rings. The first-order valence-electron chi connectivity index (χ1n) is 4.02. The van der Waals surface area contributed by atoms with E-state index < -0.39 is 36.7 Å². The fourth-order valence-corrected chi connectivity index (χ4v) is 1.44. The fraction of sp³-hybridized carbons (Fsp3) is 0.714. The molecule has 0 saturated carbocycles. The lowest BCUT2D eigenvalue weighted by atomic mass is 10.2. The van der Waals surface area contributed by atoms with Gasteiger partial charge in [-0.1, -0.05) is 0 Å². The van der Waals surface area contributed by atoms with E-state index in [4.69, 9.17) is 10.2 Å². The van der Waals surface area contributed by atoms with E-state index >= 15 is 0 Å². The molecule has 1 saturated heterocycles. The molecule has 86 valence electrons. The second-order valence-corrected chi connectivity index (χ2v) is 3.20. The molecule has 1 fully saturated rings. The van der Waals surface area contributed by atoms with Gasteiger partial charge in [0, 0.05) is 13.0 Å². The second kappa shape index (κ2) is 3.69. The molecule has 0 radical (unpaired) electrons. The first-order valence-corrected chi connectivity index (χ1v) is 4.02. The summed E-state index contributed by atoms with van der Waals surface area (Å²) < 4.78 is 36.0. The van der Waals surface area contributed by atoms with E-state index in [0.717, 1.165) is 0 Å². The number of carbonyl (C=O) groups is 2. The Kier molecular flexibility index (Phi) is 2.89. The van der Waals surface area contributed by atoms with Crippen molar-refractivity contribution in [1.82, 2.24) is 4.90 Å². The summed E-state index contributed by atoms with van der Waals surface area (Å²) in [7, 11) is 0. The summed E-state index contributed by atoms with van der Waals surface area (Å²) in [6, 6.07) is -1.60. The van der Waals surface area contributed by atoms with E-state index in [1.54, 1.807) is 0 Å². The minimum atomic E-state index is -5.11. The number of amides is 1. The zero-order valence-corrected chi connectivity index (χ0v) is 7.36. The van der Waals surface area contributed by atoms with Gasteiger partial charge in [-0.3, -0.25) is 4.79 Å². The highest BCUT2D eigenvalue weighted by Crippen LogP contribution is 2.25. The number of carboxylic acids is 1. The highest BCUT2D eigenvalue weighted by atomic mass is 19.4. The summed E-state index contributed by atoms with van der Waals surface area (Å²) in [6.45, 7) is -0.602. The van der Waals surface area contributed by atoms with Crippen molar-refractivity contribution < 1.29 is 33.0 Å². The number of carboxylic acid groups (broad SMARTS) is 1. The van der Waals surface area contributed by atoms with Crippen molar-refractivity contribution >= 4 is 11.9 Å². The van der Waals surface area contributed by atoms with Crippen molar-refractivity contribution in [3.63, 3.8) is 0 Å². The molecule has 0 spiro atoms. The van der Waals surface area contributed by atoms with Crippen molar-refractivity contribution in [2.24, 2.45) is 0 Å². The smallest absolute Gasteiger partial charge is 0.471 e. The zero-order chi connectivity index (χ0) is 11.8. The molecule has 5 nitrogen and oxygen atoms in total. The Morgan fingerprint density at radius 2 is 1.87 bits per heavy atom. The number of β-amino-alcohol motifs (C(OH)–C–C–N with tert-alkyl or cyclic N) is 1. The normalized spacial score (nSPS) is 26.8. The van der Waals surface area contributed by atoms with Crippen LogP contribution in [0.3, 0.4) is 0 Å². The van der Waals surface area contributed by atoms with E-state index in [0.29, 0.717) is 0 Å². The van der Waals surface area contributed by atoms with Crippen LogP contribution >= 0.6 is 0 Å². The van der Waals surface area contributed by atoms with Crippen LogP contribution < -0.4 is 0 Å². The Bertz CT molecular complexity index is 290. The van der Waals surface area contributed by atoms with Gasteiger partial charge in [0.1, 0.15) is 6.04 Å². The number of alkyl halides is 3. The standard InChI is InChI=1S/C7H8F3NO4/c8-7(9,10)6(15)11-2-3(12)1-4(11)5(13)14/h3-4,12H,1-2H2,(H,13,14)/t3-,4+/m1/s1. The largest absolute Gasteiger partial charge is 0.480 e. The number of halogens is 3. The summed E-state index contributed by atoms with van der Waals surface area (Å²) in [6.07, 6.45) is -6.72. The minimum Gasteiger partial charge on any atom is -0.480 e. The Labute approximate surface area is 82.1 Å². The molecule has 1 rings (SSSR count). The highest BCUT2D eigenvalue weighted by Gasteiger charge is 2.49. The van der Waals surface area contributed by atoms with Crippen LogP contribution in [-0.2, 0) is 9.59 Å². The van der Waals surface area contributed by atoms with Crippen LogP contribution in [0.5, 0.6) is 0 Å². The van der Waals surface area contributed by atoms with E-state index in [-0.39, 0.29) is 11.3 Å². The van der Waals surface area contributed by atoms with Crippen molar-refractivity contribution in [3.8, 4) is 0 Å². The van der Waals surface area contributed by atoms with Crippen LogP contribution in [-0.4, -0.2) is 51.9 Å². The SMILES string of the molecule is O=C(O)[C@@H]1C[C@@H](O)CN1C(=O)C(F)(F)F. The molecule has 2 atom stereocenters. The first-order chi connectivity index (χ1) is 6.73. The molecule has 1 amide bonds. The highest BCUT2D eigenvalue weighted by molar-refractivity contribution is 5.87. The predicted molar refractivity (Wildman–Crippen MR) is 39.8 cm³/mol. The molecule has 2 N–H and O–H groups in total. The van der Waals surface area contributed by atoms with E-state index in [2.05, 4.69) is 0 Å². The Balaban J connectivity index is 2.85. The molecule has 0 aromatic heterocycles. The van der Waals surface area contributed by atoms with Gasteiger partial charge >= 0.3 is 18.1 Å². The summed E-state index contributed by atoms with van der Waals surface area (Å²) in [4.78, 5) is 21.4. The third-order valence-corrected chi connectivity index (χ3v) is 2.07. The van der Waals surface area contributed by atoms with Crippen molar-refractivity contribution in [2.45, 2.75) is 24.7 Å². The number of rotatable bonds is 1. The van der Waals surface area contributed by atoms with E-state index in [9.17, 15) is 22.8 Å². The molecule has 0 aromatic carbocycles. The number of likely N-dealkylation sites (tertiary alicyclic amines) is 1. The van der Waals surface area contributed by atoms with Crippen LogP contribution in [0, 0.1) is 0 Å². The number of aliphatic hydroxyl groups is 1. The number of nitrogens with zero attached hydrogens (tertiary/aromatic N) is 1. The van der Waals surface area contributed by atoms with Gasteiger partial charge in [0.25, 0.3) is 0 Å².